The molecule has 0 aliphatic heterocycles. The van der Waals surface area contributed by atoms with Gasteiger partial charge in [-0.1, -0.05) is 13.3 Å². The lowest BCUT2D eigenvalue weighted by Crippen LogP contribution is -2.23. The first-order chi connectivity index (χ1) is 7.24. The SMILES string of the molecule is CCCC1(CNCc2ccc(C)o2)CC1. The molecule has 84 valence electrons. The van der Waals surface area contributed by atoms with Gasteiger partial charge in [-0.05, 0) is 43.7 Å². The molecule has 2 nitrogen and oxygen atoms in total. The van der Waals surface area contributed by atoms with Crippen LogP contribution in [0.25, 0.3) is 0 Å². The molecular weight excluding hydrogens is 186 g/mol. The van der Waals surface area contributed by atoms with Gasteiger partial charge in [0.1, 0.15) is 11.5 Å². The van der Waals surface area contributed by atoms with Crippen molar-refractivity contribution in [3.8, 4) is 0 Å². The first kappa shape index (κ1) is 10.7. The van der Waals surface area contributed by atoms with Crippen molar-refractivity contribution in [2.75, 3.05) is 6.54 Å². The Bertz CT molecular complexity index is 312. The molecule has 1 aliphatic rings. The van der Waals surface area contributed by atoms with E-state index >= 15 is 0 Å². The summed E-state index contributed by atoms with van der Waals surface area (Å²) >= 11 is 0. The van der Waals surface area contributed by atoms with E-state index in [0.29, 0.717) is 5.41 Å². The minimum atomic E-state index is 0.635. The molecule has 0 radical (unpaired) electrons. The topological polar surface area (TPSA) is 25.2 Å². The minimum Gasteiger partial charge on any atom is -0.465 e. The number of furan rings is 1. The predicted octanol–water partition coefficient (Wildman–Crippen LogP) is 3.26. The molecule has 0 aromatic carbocycles. The molecule has 1 saturated carbocycles. The van der Waals surface area contributed by atoms with Crippen molar-refractivity contribution in [2.24, 2.45) is 5.41 Å². The number of hydrogen-bond acceptors (Lipinski definition) is 2. The number of hydrogen-bond donors (Lipinski definition) is 1. The van der Waals surface area contributed by atoms with E-state index in [-0.39, 0.29) is 0 Å². The van der Waals surface area contributed by atoms with E-state index in [1.807, 2.05) is 13.0 Å². The Morgan fingerprint density at radius 2 is 2.20 bits per heavy atom. The maximum Gasteiger partial charge on any atom is 0.117 e. The van der Waals surface area contributed by atoms with Crippen LogP contribution in [0.5, 0.6) is 0 Å². The first-order valence-electron chi connectivity index (χ1n) is 6.00. The Balaban J connectivity index is 1.71. The van der Waals surface area contributed by atoms with E-state index < -0.39 is 0 Å². The lowest BCUT2D eigenvalue weighted by Gasteiger charge is -2.13. The fraction of sp³-hybridized carbons (Fsp3) is 0.692. The van der Waals surface area contributed by atoms with E-state index in [9.17, 15) is 0 Å². The molecule has 0 atom stereocenters. The van der Waals surface area contributed by atoms with E-state index in [2.05, 4.69) is 18.3 Å². The van der Waals surface area contributed by atoms with Gasteiger partial charge in [-0.25, -0.2) is 0 Å². The van der Waals surface area contributed by atoms with Crippen LogP contribution in [0.2, 0.25) is 0 Å². The van der Waals surface area contributed by atoms with Crippen LogP contribution in [0.3, 0.4) is 0 Å². The Morgan fingerprint density at radius 1 is 1.40 bits per heavy atom. The van der Waals surface area contributed by atoms with Crippen LogP contribution in [-0.4, -0.2) is 6.54 Å². The van der Waals surface area contributed by atoms with Crippen molar-refractivity contribution in [3.05, 3.63) is 23.7 Å². The zero-order valence-electron chi connectivity index (χ0n) is 9.81. The molecule has 1 aromatic heterocycles. The third-order valence-corrected chi connectivity index (χ3v) is 3.33. The van der Waals surface area contributed by atoms with Crippen LogP contribution in [0.4, 0.5) is 0 Å². The van der Waals surface area contributed by atoms with Crippen LogP contribution in [0.15, 0.2) is 16.5 Å². The van der Waals surface area contributed by atoms with Gasteiger partial charge in [0.2, 0.25) is 0 Å². The van der Waals surface area contributed by atoms with E-state index in [1.54, 1.807) is 0 Å². The monoisotopic (exact) mass is 207 g/mol. The van der Waals surface area contributed by atoms with Gasteiger partial charge in [0, 0.05) is 6.54 Å². The van der Waals surface area contributed by atoms with E-state index in [1.165, 1.54) is 25.7 Å². The second-order valence-corrected chi connectivity index (χ2v) is 4.87. The van der Waals surface area contributed by atoms with Gasteiger partial charge in [0.15, 0.2) is 0 Å². The van der Waals surface area contributed by atoms with Gasteiger partial charge in [-0.2, -0.15) is 0 Å². The van der Waals surface area contributed by atoms with Crippen molar-refractivity contribution in [1.29, 1.82) is 0 Å². The highest BCUT2D eigenvalue weighted by Crippen LogP contribution is 2.48. The fourth-order valence-electron chi connectivity index (χ4n) is 2.25. The maximum atomic E-state index is 5.52. The fourth-order valence-corrected chi connectivity index (χ4v) is 2.25. The summed E-state index contributed by atoms with van der Waals surface area (Å²) in [6, 6.07) is 4.08. The summed E-state index contributed by atoms with van der Waals surface area (Å²) in [6.07, 6.45) is 5.49. The van der Waals surface area contributed by atoms with Crippen LogP contribution in [-0.2, 0) is 6.54 Å². The smallest absolute Gasteiger partial charge is 0.117 e. The highest BCUT2D eigenvalue weighted by Gasteiger charge is 2.40. The van der Waals surface area contributed by atoms with Crippen LogP contribution in [0.1, 0.15) is 44.1 Å². The second-order valence-electron chi connectivity index (χ2n) is 4.87. The average Bonchev–Trinajstić information content (AvgIpc) is 2.83. The van der Waals surface area contributed by atoms with Crippen LogP contribution < -0.4 is 5.32 Å². The second kappa shape index (κ2) is 4.40. The Hall–Kier alpha value is -0.760. The van der Waals surface area contributed by atoms with Crippen LogP contribution >= 0.6 is 0 Å². The largest absolute Gasteiger partial charge is 0.465 e. The summed E-state index contributed by atoms with van der Waals surface area (Å²) in [5.74, 6) is 2.06. The molecule has 2 rings (SSSR count). The average molecular weight is 207 g/mol. The van der Waals surface area contributed by atoms with Crippen LogP contribution in [0, 0.1) is 12.3 Å². The van der Waals surface area contributed by atoms with Crippen molar-refractivity contribution < 1.29 is 4.42 Å². The zero-order chi connectivity index (χ0) is 10.7. The summed E-state index contributed by atoms with van der Waals surface area (Å²) < 4.78 is 5.52. The Morgan fingerprint density at radius 3 is 2.73 bits per heavy atom. The summed E-state index contributed by atoms with van der Waals surface area (Å²) in [4.78, 5) is 0. The summed E-state index contributed by atoms with van der Waals surface area (Å²) in [5.41, 5.74) is 0.635. The molecule has 1 aliphatic carbocycles. The molecule has 1 heterocycles. The molecule has 0 bridgehead atoms. The van der Waals surface area contributed by atoms with Gasteiger partial charge < -0.3 is 9.73 Å². The first-order valence-corrected chi connectivity index (χ1v) is 6.00. The molecule has 15 heavy (non-hydrogen) atoms. The number of rotatable bonds is 6. The highest BCUT2D eigenvalue weighted by molar-refractivity contribution is 5.05. The van der Waals surface area contributed by atoms with E-state index in [4.69, 9.17) is 4.42 Å². The Kier molecular flexibility index (Phi) is 3.15. The molecular formula is C13H21NO. The van der Waals surface area contributed by atoms with Crippen molar-refractivity contribution in [1.82, 2.24) is 5.32 Å². The van der Waals surface area contributed by atoms with E-state index in [0.717, 1.165) is 24.6 Å². The third kappa shape index (κ3) is 2.85. The summed E-state index contributed by atoms with van der Waals surface area (Å²) in [6.45, 7) is 6.29. The normalized spacial score (nSPS) is 18.0. The molecule has 0 spiro atoms. The summed E-state index contributed by atoms with van der Waals surface area (Å²) in [5, 5.41) is 3.51. The minimum absolute atomic E-state index is 0.635. The quantitative estimate of drug-likeness (QED) is 0.774. The van der Waals surface area contributed by atoms with Gasteiger partial charge in [-0.3, -0.25) is 0 Å². The van der Waals surface area contributed by atoms with Gasteiger partial charge in [-0.15, -0.1) is 0 Å². The highest BCUT2D eigenvalue weighted by atomic mass is 16.3. The molecule has 0 unspecified atom stereocenters. The maximum absolute atomic E-state index is 5.52. The van der Waals surface area contributed by atoms with Crippen molar-refractivity contribution >= 4 is 0 Å². The molecule has 2 heteroatoms. The third-order valence-electron chi connectivity index (χ3n) is 3.33. The number of nitrogens with one attached hydrogen (secondary N) is 1. The van der Waals surface area contributed by atoms with Gasteiger partial charge in [0.25, 0.3) is 0 Å². The lowest BCUT2D eigenvalue weighted by molar-refractivity contribution is 0.397. The standard InChI is InChI=1S/C13H21NO/c1-3-6-13(7-8-13)10-14-9-12-5-4-11(2)15-12/h4-5,14H,3,6-10H2,1-2H3. The summed E-state index contributed by atoms with van der Waals surface area (Å²) in [7, 11) is 0. The number of aryl methyl sites for hydroxylation is 1. The molecule has 1 aromatic rings. The van der Waals surface area contributed by atoms with Crippen molar-refractivity contribution in [3.63, 3.8) is 0 Å². The lowest BCUT2D eigenvalue weighted by atomic mass is 10.0. The van der Waals surface area contributed by atoms with Crippen molar-refractivity contribution in [2.45, 2.75) is 46.1 Å². The molecule has 1 N–H and O–H groups in total. The Labute approximate surface area is 92.1 Å². The van der Waals surface area contributed by atoms with Gasteiger partial charge in [0.05, 0.1) is 6.54 Å². The molecule has 0 saturated heterocycles. The molecule has 0 amide bonds. The zero-order valence-corrected chi connectivity index (χ0v) is 9.81. The molecule has 1 fully saturated rings. The van der Waals surface area contributed by atoms with Gasteiger partial charge >= 0.3 is 0 Å². The predicted molar refractivity (Wildman–Crippen MR) is 61.7 cm³/mol.